The summed E-state index contributed by atoms with van der Waals surface area (Å²) in [5.41, 5.74) is 7.92. The topological polar surface area (TPSA) is 35.2 Å². The summed E-state index contributed by atoms with van der Waals surface area (Å²) in [6, 6.07) is 4.03. The maximum Gasteiger partial charge on any atom is 0.120 e. The summed E-state index contributed by atoms with van der Waals surface area (Å²) in [6.07, 6.45) is 0. The maximum absolute atomic E-state index is 5.86. The first kappa shape index (κ1) is 15.8. The second-order valence-electron chi connectivity index (χ2n) is 4.65. The highest BCUT2D eigenvalue weighted by Gasteiger charge is 2.12. The molecule has 1 rings (SSSR count). The number of hydrogen-bond donors (Lipinski definition) is 1. The van der Waals surface area contributed by atoms with Crippen LogP contribution < -0.4 is 10.5 Å². The van der Waals surface area contributed by atoms with E-state index in [2.05, 4.69) is 29.8 Å². The Morgan fingerprint density at radius 1 is 1.25 bits per heavy atom. The smallest absolute Gasteiger partial charge is 0.120 e. The summed E-state index contributed by atoms with van der Waals surface area (Å²) in [5, 5.41) is 0. The molecule has 0 fully saturated rings. The molecule has 92 valence electrons. The van der Waals surface area contributed by atoms with Crippen molar-refractivity contribution in [3.05, 3.63) is 27.7 Å². The molecule has 0 radical (unpaired) electrons. The SMILES string of the molecule is Cc1cc(OCC(C)(C)N)cc(C)c1Br.Cl. The van der Waals surface area contributed by atoms with Gasteiger partial charge in [0.15, 0.2) is 0 Å². The molecule has 0 saturated heterocycles. The van der Waals surface area contributed by atoms with Crippen LogP contribution >= 0.6 is 28.3 Å². The third-order valence-corrected chi connectivity index (χ3v) is 3.27. The van der Waals surface area contributed by atoms with Crippen LogP contribution in [-0.2, 0) is 0 Å². The van der Waals surface area contributed by atoms with Crippen LogP contribution in [-0.4, -0.2) is 12.1 Å². The molecule has 16 heavy (non-hydrogen) atoms. The molecule has 0 aliphatic heterocycles. The molecule has 0 saturated carbocycles. The molecular formula is C12H19BrClNO. The molecule has 4 heteroatoms. The van der Waals surface area contributed by atoms with Crippen molar-refractivity contribution in [1.29, 1.82) is 0 Å². The lowest BCUT2D eigenvalue weighted by Crippen LogP contribution is -2.38. The highest BCUT2D eigenvalue weighted by molar-refractivity contribution is 9.10. The Morgan fingerprint density at radius 3 is 2.06 bits per heavy atom. The second kappa shape index (κ2) is 5.89. The fourth-order valence-electron chi connectivity index (χ4n) is 1.26. The van der Waals surface area contributed by atoms with Gasteiger partial charge in [0.25, 0.3) is 0 Å². The van der Waals surface area contributed by atoms with E-state index in [1.807, 2.05) is 26.0 Å². The third-order valence-electron chi connectivity index (χ3n) is 2.02. The Balaban J connectivity index is 0.00000225. The third kappa shape index (κ3) is 4.73. The van der Waals surface area contributed by atoms with E-state index in [1.165, 1.54) is 11.1 Å². The minimum Gasteiger partial charge on any atom is -0.492 e. The molecular weight excluding hydrogens is 289 g/mol. The summed E-state index contributed by atoms with van der Waals surface area (Å²) >= 11 is 3.52. The zero-order chi connectivity index (χ0) is 11.6. The van der Waals surface area contributed by atoms with Gasteiger partial charge in [0.1, 0.15) is 12.4 Å². The molecule has 0 heterocycles. The van der Waals surface area contributed by atoms with E-state index in [0.29, 0.717) is 6.61 Å². The van der Waals surface area contributed by atoms with Crippen LogP contribution in [0.25, 0.3) is 0 Å². The van der Waals surface area contributed by atoms with E-state index in [0.717, 1.165) is 10.2 Å². The fraction of sp³-hybridized carbons (Fsp3) is 0.500. The lowest BCUT2D eigenvalue weighted by Gasteiger charge is -2.19. The van der Waals surface area contributed by atoms with E-state index < -0.39 is 0 Å². The van der Waals surface area contributed by atoms with Crippen molar-refractivity contribution in [2.24, 2.45) is 5.73 Å². The van der Waals surface area contributed by atoms with Gasteiger partial charge in [-0.15, -0.1) is 12.4 Å². The predicted molar refractivity (Wildman–Crippen MR) is 74.6 cm³/mol. The van der Waals surface area contributed by atoms with Gasteiger partial charge >= 0.3 is 0 Å². The molecule has 1 aromatic carbocycles. The molecule has 0 spiro atoms. The van der Waals surface area contributed by atoms with Gasteiger partial charge in [0.05, 0.1) is 0 Å². The van der Waals surface area contributed by atoms with Crippen LogP contribution in [0.3, 0.4) is 0 Å². The van der Waals surface area contributed by atoms with E-state index in [-0.39, 0.29) is 17.9 Å². The van der Waals surface area contributed by atoms with Gasteiger partial charge in [-0.1, -0.05) is 15.9 Å². The zero-order valence-corrected chi connectivity index (χ0v) is 12.5. The molecule has 0 aliphatic carbocycles. The number of rotatable bonds is 3. The Bertz CT molecular complexity index is 338. The lowest BCUT2D eigenvalue weighted by molar-refractivity contribution is 0.243. The van der Waals surface area contributed by atoms with Crippen LogP contribution in [0.15, 0.2) is 16.6 Å². The highest BCUT2D eigenvalue weighted by Crippen LogP contribution is 2.26. The molecule has 2 nitrogen and oxygen atoms in total. The molecule has 0 unspecified atom stereocenters. The van der Waals surface area contributed by atoms with Crippen LogP contribution in [0.1, 0.15) is 25.0 Å². The first-order chi connectivity index (χ1) is 6.79. The first-order valence-corrected chi connectivity index (χ1v) is 5.77. The van der Waals surface area contributed by atoms with Crippen LogP contribution in [0, 0.1) is 13.8 Å². The van der Waals surface area contributed by atoms with Crippen molar-refractivity contribution in [3.8, 4) is 5.75 Å². The van der Waals surface area contributed by atoms with Crippen LogP contribution in [0.4, 0.5) is 0 Å². The average Bonchev–Trinajstić information content (AvgIpc) is 2.09. The van der Waals surface area contributed by atoms with Gasteiger partial charge < -0.3 is 10.5 Å². The van der Waals surface area contributed by atoms with Crippen molar-refractivity contribution in [2.75, 3.05) is 6.61 Å². The number of ether oxygens (including phenoxy) is 1. The van der Waals surface area contributed by atoms with Crippen molar-refractivity contribution in [1.82, 2.24) is 0 Å². The summed E-state index contributed by atoms with van der Waals surface area (Å²) in [5.74, 6) is 0.881. The number of benzene rings is 1. The number of aryl methyl sites for hydroxylation is 2. The number of nitrogens with two attached hydrogens (primary N) is 1. The van der Waals surface area contributed by atoms with E-state index >= 15 is 0 Å². The van der Waals surface area contributed by atoms with Gasteiger partial charge in [-0.2, -0.15) is 0 Å². The molecule has 0 amide bonds. The molecule has 0 aromatic heterocycles. The Kier molecular flexibility index (Phi) is 5.80. The van der Waals surface area contributed by atoms with E-state index in [1.54, 1.807) is 0 Å². The molecule has 0 bridgehead atoms. The highest BCUT2D eigenvalue weighted by atomic mass is 79.9. The second-order valence-corrected chi connectivity index (χ2v) is 5.44. The normalized spacial score (nSPS) is 10.9. The van der Waals surface area contributed by atoms with Gasteiger partial charge in [-0.3, -0.25) is 0 Å². The van der Waals surface area contributed by atoms with Crippen molar-refractivity contribution in [2.45, 2.75) is 33.2 Å². The summed E-state index contributed by atoms with van der Waals surface area (Å²) in [6.45, 7) is 8.53. The maximum atomic E-state index is 5.86. The van der Waals surface area contributed by atoms with Crippen molar-refractivity contribution < 1.29 is 4.74 Å². The zero-order valence-electron chi connectivity index (χ0n) is 10.1. The minimum absolute atomic E-state index is 0. The monoisotopic (exact) mass is 307 g/mol. The van der Waals surface area contributed by atoms with Gasteiger partial charge in [-0.05, 0) is 51.0 Å². The van der Waals surface area contributed by atoms with Crippen LogP contribution in [0.2, 0.25) is 0 Å². The van der Waals surface area contributed by atoms with E-state index in [9.17, 15) is 0 Å². The van der Waals surface area contributed by atoms with Gasteiger partial charge in [0, 0.05) is 10.0 Å². The number of hydrogen-bond acceptors (Lipinski definition) is 2. The standard InChI is InChI=1S/C12H18BrNO.ClH/c1-8-5-10(6-9(2)11(8)13)15-7-12(3,4)14;/h5-6H,7,14H2,1-4H3;1H. The van der Waals surface area contributed by atoms with Crippen molar-refractivity contribution >= 4 is 28.3 Å². The van der Waals surface area contributed by atoms with Crippen LogP contribution in [0.5, 0.6) is 5.75 Å². The fourth-order valence-corrected chi connectivity index (χ4v) is 1.49. The Labute approximate surface area is 112 Å². The Hall–Kier alpha value is -0.250. The molecule has 0 atom stereocenters. The number of halogens is 2. The largest absolute Gasteiger partial charge is 0.492 e. The van der Waals surface area contributed by atoms with Crippen molar-refractivity contribution in [3.63, 3.8) is 0 Å². The Morgan fingerprint density at radius 2 is 1.69 bits per heavy atom. The predicted octanol–water partition coefficient (Wildman–Crippen LogP) is 3.60. The first-order valence-electron chi connectivity index (χ1n) is 4.98. The summed E-state index contributed by atoms with van der Waals surface area (Å²) in [4.78, 5) is 0. The average molecular weight is 309 g/mol. The van der Waals surface area contributed by atoms with Gasteiger partial charge in [0.2, 0.25) is 0 Å². The molecule has 1 aromatic rings. The molecule has 0 aliphatic rings. The van der Waals surface area contributed by atoms with E-state index in [4.69, 9.17) is 10.5 Å². The lowest BCUT2D eigenvalue weighted by atomic mass is 10.1. The summed E-state index contributed by atoms with van der Waals surface area (Å²) in [7, 11) is 0. The quantitative estimate of drug-likeness (QED) is 0.926. The molecule has 2 N–H and O–H groups in total. The summed E-state index contributed by atoms with van der Waals surface area (Å²) < 4.78 is 6.78. The van der Waals surface area contributed by atoms with Gasteiger partial charge in [-0.25, -0.2) is 0 Å². The minimum atomic E-state index is -0.297.